The molecule has 3 unspecified atom stereocenters. The van der Waals surface area contributed by atoms with Gasteiger partial charge in [-0.1, -0.05) is 20.8 Å². The van der Waals surface area contributed by atoms with E-state index in [0.29, 0.717) is 24.7 Å². The molecule has 2 fully saturated rings. The predicted molar refractivity (Wildman–Crippen MR) is 63.6 cm³/mol. The Morgan fingerprint density at radius 2 is 1.65 bits per heavy atom. The zero-order chi connectivity index (χ0) is 12.5. The van der Waals surface area contributed by atoms with Crippen molar-refractivity contribution >= 4 is 0 Å². The Labute approximate surface area is 103 Å². The van der Waals surface area contributed by atoms with Crippen molar-refractivity contribution in [1.82, 2.24) is 0 Å². The molecular weight excluding hydrogens is 220 g/mol. The van der Waals surface area contributed by atoms with Gasteiger partial charge in [0, 0.05) is 5.41 Å². The first-order valence-corrected chi connectivity index (χ1v) is 6.48. The highest BCUT2D eigenvalue weighted by Crippen LogP contribution is 2.29. The molecule has 0 radical (unpaired) electrons. The van der Waals surface area contributed by atoms with Crippen LogP contribution in [0.15, 0.2) is 0 Å². The molecule has 4 heteroatoms. The Morgan fingerprint density at radius 1 is 1.18 bits per heavy atom. The third-order valence-electron chi connectivity index (χ3n) is 3.23. The fourth-order valence-corrected chi connectivity index (χ4v) is 1.86. The summed E-state index contributed by atoms with van der Waals surface area (Å²) in [7, 11) is 0. The zero-order valence-electron chi connectivity index (χ0n) is 11.0. The van der Waals surface area contributed by atoms with Gasteiger partial charge in [-0.15, -0.1) is 0 Å². The Bertz CT molecular complexity index is 226. The number of epoxide rings is 2. The molecule has 2 saturated heterocycles. The van der Waals surface area contributed by atoms with Crippen LogP contribution in [0.1, 0.15) is 33.6 Å². The first kappa shape index (κ1) is 13.3. The van der Waals surface area contributed by atoms with E-state index in [4.69, 9.17) is 14.2 Å². The molecule has 0 spiro atoms. The standard InChI is InChI=1S/C13H24O4/c1-13(2,3)12(14)17-6-9(4-10-7-15-10)5-11-8-16-11/h9-12,14H,4-8H2,1-3H3. The summed E-state index contributed by atoms with van der Waals surface area (Å²) in [6, 6.07) is 0. The van der Waals surface area contributed by atoms with Gasteiger partial charge >= 0.3 is 0 Å². The summed E-state index contributed by atoms with van der Waals surface area (Å²) in [5, 5.41) is 9.85. The molecule has 0 bridgehead atoms. The molecule has 0 aromatic carbocycles. The molecule has 0 aromatic rings. The van der Waals surface area contributed by atoms with Crippen molar-refractivity contribution < 1.29 is 19.3 Å². The Kier molecular flexibility index (Phi) is 4.08. The van der Waals surface area contributed by atoms with Gasteiger partial charge in [0.25, 0.3) is 0 Å². The van der Waals surface area contributed by atoms with Gasteiger partial charge in [-0.25, -0.2) is 0 Å². The maximum Gasteiger partial charge on any atom is 0.159 e. The monoisotopic (exact) mass is 244 g/mol. The molecule has 4 nitrogen and oxygen atoms in total. The second-order valence-corrected chi connectivity index (χ2v) is 6.30. The highest BCUT2D eigenvalue weighted by Gasteiger charge is 2.33. The summed E-state index contributed by atoms with van der Waals surface area (Å²) in [5.74, 6) is 0.437. The summed E-state index contributed by atoms with van der Waals surface area (Å²) in [6.07, 6.45) is 2.17. The van der Waals surface area contributed by atoms with Crippen LogP contribution >= 0.6 is 0 Å². The van der Waals surface area contributed by atoms with Crippen molar-refractivity contribution in [3.8, 4) is 0 Å². The van der Waals surface area contributed by atoms with Gasteiger partial charge < -0.3 is 19.3 Å². The maximum atomic E-state index is 9.85. The average molecular weight is 244 g/mol. The first-order chi connectivity index (χ1) is 7.95. The van der Waals surface area contributed by atoms with E-state index in [1.54, 1.807) is 0 Å². The molecule has 2 aliphatic heterocycles. The Hall–Kier alpha value is -0.160. The van der Waals surface area contributed by atoms with Gasteiger partial charge in [-0.2, -0.15) is 0 Å². The van der Waals surface area contributed by atoms with Gasteiger partial charge in [0.15, 0.2) is 6.29 Å². The van der Waals surface area contributed by atoms with Crippen LogP contribution in [0.5, 0.6) is 0 Å². The van der Waals surface area contributed by atoms with Crippen LogP contribution in [0.3, 0.4) is 0 Å². The molecule has 0 aliphatic carbocycles. The molecule has 0 saturated carbocycles. The van der Waals surface area contributed by atoms with Gasteiger partial charge in [0.05, 0.1) is 32.0 Å². The van der Waals surface area contributed by atoms with Crippen molar-refractivity contribution in [2.45, 2.75) is 52.1 Å². The number of hydrogen-bond donors (Lipinski definition) is 1. The fraction of sp³-hybridized carbons (Fsp3) is 1.00. The summed E-state index contributed by atoms with van der Waals surface area (Å²) in [4.78, 5) is 0. The van der Waals surface area contributed by atoms with Gasteiger partial charge in [-0.3, -0.25) is 0 Å². The van der Waals surface area contributed by atoms with E-state index in [0.717, 1.165) is 26.1 Å². The number of hydrogen-bond acceptors (Lipinski definition) is 4. The van der Waals surface area contributed by atoms with Crippen LogP contribution in [0.2, 0.25) is 0 Å². The minimum atomic E-state index is -0.703. The van der Waals surface area contributed by atoms with E-state index in [9.17, 15) is 5.11 Å². The first-order valence-electron chi connectivity index (χ1n) is 6.48. The van der Waals surface area contributed by atoms with Crippen LogP contribution < -0.4 is 0 Å². The number of aliphatic hydroxyl groups excluding tert-OH is 1. The zero-order valence-corrected chi connectivity index (χ0v) is 11.0. The highest BCUT2D eigenvalue weighted by molar-refractivity contribution is 4.80. The second kappa shape index (κ2) is 5.22. The molecule has 2 aliphatic rings. The van der Waals surface area contributed by atoms with E-state index >= 15 is 0 Å². The number of aliphatic hydroxyl groups is 1. The largest absolute Gasteiger partial charge is 0.373 e. The predicted octanol–water partition coefficient (Wildman–Crippen LogP) is 1.56. The quantitative estimate of drug-likeness (QED) is 0.545. The minimum Gasteiger partial charge on any atom is -0.373 e. The lowest BCUT2D eigenvalue weighted by molar-refractivity contribution is -0.167. The Balaban J connectivity index is 1.71. The van der Waals surface area contributed by atoms with Crippen LogP contribution in [0.25, 0.3) is 0 Å². The highest BCUT2D eigenvalue weighted by atomic mass is 16.6. The number of ether oxygens (including phenoxy) is 3. The topological polar surface area (TPSA) is 54.5 Å². The summed E-state index contributed by atoms with van der Waals surface area (Å²) in [6.45, 7) is 8.27. The molecule has 3 atom stereocenters. The smallest absolute Gasteiger partial charge is 0.159 e. The molecule has 2 rings (SSSR count). The van der Waals surface area contributed by atoms with Crippen molar-refractivity contribution in [2.24, 2.45) is 11.3 Å². The molecule has 0 amide bonds. The van der Waals surface area contributed by atoms with Gasteiger partial charge in [0.1, 0.15) is 0 Å². The summed E-state index contributed by atoms with van der Waals surface area (Å²) in [5.41, 5.74) is -0.225. The van der Waals surface area contributed by atoms with E-state index in [2.05, 4.69) is 0 Å². The normalized spacial score (nSPS) is 31.1. The van der Waals surface area contributed by atoms with E-state index in [1.807, 2.05) is 20.8 Å². The SMILES string of the molecule is CC(C)(C)C(O)OCC(CC1CO1)CC1CO1. The molecule has 17 heavy (non-hydrogen) atoms. The molecule has 100 valence electrons. The van der Waals surface area contributed by atoms with Crippen LogP contribution in [0.4, 0.5) is 0 Å². The van der Waals surface area contributed by atoms with Crippen LogP contribution in [-0.2, 0) is 14.2 Å². The third kappa shape index (κ3) is 4.92. The fourth-order valence-electron chi connectivity index (χ4n) is 1.86. The number of rotatable bonds is 7. The van der Waals surface area contributed by atoms with E-state index in [-0.39, 0.29) is 5.41 Å². The lowest BCUT2D eigenvalue weighted by atomic mass is 9.95. The van der Waals surface area contributed by atoms with Crippen molar-refractivity contribution in [1.29, 1.82) is 0 Å². The third-order valence-corrected chi connectivity index (χ3v) is 3.23. The van der Waals surface area contributed by atoms with Gasteiger partial charge in [-0.05, 0) is 18.8 Å². The van der Waals surface area contributed by atoms with Crippen LogP contribution in [0, 0.1) is 11.3 Å². The molecule has 0 aromatic heterocycles. The lowest BCUT2D eigenvalue weighted by Gasteiger charge is -2.27. The summed E-state index contributed by atoms with van der Waals surface area (Å²) >= 11 is 0. The van der Waals surface area contributed by atoms with Crippen molar-refractivity contribution in [3.05, 3.63) is 0 Å². The second-order valence-electron chi connectivity index (χ2n) is 6.30. The summed E-state index contributed by atoms with van der Waals surface area (Å²) < 4.78 is 16.1. The van der Waals surface area contributed by atoms with Crippen molar-refractivity contribution in [2.75, 3.05) is 19.8 Å². The van der Waals surface area contributed by atoms with E-state index < -0.39 is 6.29 Å². The lowest BCUT2D eigenvalue weighted by Crippen LogP contribution is -2.31. The van der Waals surface area contributed by atoms with E-state index in [1.165, 1.54) is 0 Å². The van der Waals surface area contributed by atoms with Gasteiger partial charge in [0.2, 0.25) is 0 Å². The molecular formula is C13H24O4. The molecule has 1 N–H and O–H groups in total. The van der Waals surface area contributed by atoms with Crippen molar-refractivity contribution in [3.63, 3.8) is 0 Å². The minimum absolute atomic E-state index is 0.225. The Morgan fingerprint density at radius 3 is 2.00 bits per heavy atom. The average Bonchev–Trinajstić information content (AvgIpc) is 3.06. The molecule has 2 heterocycles. The maximum absolute atomic E-state index is 9.85. The van der Waals surface area contributed by atoms with Crippen LogP contribution in [-0.4, -0.2) is 43.4 Å².